The molecule has 2 aliphatic rings. The lowest BCUT2D eigenvalue weighted by molar-refractivity contribution is -0.00461. The summed E-state index contributed by atoms with van der Waals surface area (Å²) >= 11 is 0. The third-order valence-corrected chi connectivity index (χ3v) is 4.36. The number of nitrogens with one attached hydrogen (secondary N) is 1. The molecule has 1 saturated carbocycles. The SMILES string of the molecule is COC1CN(CCNC2CCCCC2)CC1OC. The molecule has 2 atom stereocenters. The summed E-state index contributed by atoms with van der Waals surface area (Å²) in [6, 6.07) is 0.762. The lowest BCUT2D eigenvalue weighted by Gasteiger charge is -2.24. The monoisotopic (exact) mass is 256 g/mol. The molecule has 106 valence electrons. The van der Waals surface area contributed by atoms with Gasteiger partial charge in [0.05, 0.1) is 12.2 Å². The van der Waals surface area contributed by atoms with Gasteiger partial charge in [-0.2, -0.15) is 0 Å². The Morgan fingerprint density at radius 3 is 2.17 bits per heavy atom. The van der Waals surface area contributed by atoms with Gasteiger partial charge >= 0.3 is 0 Å². The minimum Gasteiger partial charge on any atom is -0.377 e. The smallest absolute Gasteiger partial charge is 0.0971 e. The number of ether oxygens (including phenoxy) is 2. The molecular formula is C14H28N2O2. The Labute approximate surface area is 111 Å². The Hall–Kier alpha value is -0.160. The topological polar surface area (TPSA) is 33.7 Å². The van der Waals surface area contributed by atoms with E-state index in [0.717, 1.165) is 32.2 Å². The van der Waals surface area contributed by atoms with Crippen molar-refractivity contribution in [3.63, 3.8) is 0 Å². The Kier molecular flexibility index (Phi) is 5.89. The fraction of sp³-hybridized carbons (Fsp3) is 1.00. The second-order valence-corrected chi connectivity index (χ2v) is 5.60. The molecule has 4 nitrogen and oxygen atoms in total. The molecule has 2 fully saturated rings. The minimum atomic E-state index is 0.240. The van der Waals surface area contributed by atoms with Crippen molar-refractivity contribution >= 4 is 0 Å². The highest BCUT2D eigenvalue weighted by Crippen LogP contribution is 2.18. The Bertz CT molecular complexity index is 220. The summed E-state index contributed by atoms with van der Waals surface area (Å²) < 4.78 is 10.9. The van der Waals surface area contributed by atoms with E-state index in [2.05, 4.69) is 10.2 Å². The molecule has 1 aliphatic heterocycles. The molecule has 1 saturated heterocycles. The molecule has 18 heavy (non-hydrogen) atoms. The summed E-state index contributed by atoms with van der Waals surface area (Å²) in [6.45, 7) is 4.20. The highest BCUT2D eigenvalue weighted by molar-refractivity contribution is 4.86. The number of hydrogen-bond acceptors (Lipinski definition) is 4. The van der Waals surface area contributed by atoms with E-state index in [9.17, 15) is 0 Å². The Morgan fingerprint density at radius 1 is 1.00 bits per heavy atom. The molecule has 0 bridgehead atoms. The van der Waals surface area contributed by atoms with E-state index in [1.54, 1.807) is 14.2 Å². The van der Waals surface area contributed by atoms with Gasteiger partial charge in [0.2, 0.25) is 0 Å². The lowest BCUT2D eigenvalue weighted by Crippen LogP contribution is -2.37. The van der Waals surface area contributed by atoms with Gasteiger partial charge in [0.15, 0.2) is 0 Å². The van der Waals surface area contributed by atoms with Crippen molar-refractivity contribution in [2.75, 3.05) is 40.4 Å². The number of hydrogen-bond donors (Lipinski definition) is 1. The van der Waals surface area contributed by atoms with Crippen molar-refractivity contribution in [1.82, 2.24) is 10.2 Å². The van der Waals surface area contributed by atoms with Gasteiger partial charge in [-0.05, 0) is 12.8 Å². The van der Waals surface area contributed by atoms with Gasteiger partial charge in [0.25, 0.3) is 0 Å². The summed E-state index contributed by atoms with van der Waals surface area (Å²) in [5.41, 5.74) is 0. The van der Waals surface area contributed by atoms with Crippen LogP contribution in [-0.2, 0) is 9.47 Å². The zero-order valence-electron chi connectivity index (χ0n) is 11.9. The van der Waals surface area contributed by atoms with Crippen LogP contribution in [0.2, 0.25) is 0 Å². The molecule has 0 radical (unpaired) electrons. The van der Waals surface area contributed by atoms with E-state index >= 15 is 0 Å². The first-order valence-electron chi connectivity index (χ1n) is 7.35. The molecule has 2 rings (SSSR count). The van der Waals surface area contributed by atoms with Crippen LogP contribution in [0.25, 0.3) is 0 Å². The van der Waals surface area contributed by atoms with E-state index < -0.39 is 0 Å². The van der Waals surface area contributed by atoms with Crippen molar-refractivity contribution < 1.29 is 9.47 Å². The fourth-order valence-electron chi connectivity index (χ4n) is 3.19. The average Bonchev–Trinajstić information content (AvgIpc) is 2.82. The van der Waals surface area contributed by atoms with Gasteiger partial charge in [0.1, 0.15) is 0 Å². The van der Waals surface area contributed by atoms with Crippen molar-refractivity contribution in [3.05, 3.63) is 0 Å². The minimum absolute atomic E-state index is 0.240. The second-order valence-electron chi connectivity index (χ2n) is 5.60. The Balaban J connectivity index is 1.62. The van der Waals surface area contributed by atoms with E-state index in [4.69, 9.17) is 9.47 Å². The van der Waals surface area contributed by atoms with Crippen molar-refractivity contribution in [1.29, 1.82) is 0 Å². The summed E-state index contributed by atoms with van der Waals surface area (Å²) in [6.07, 6.45) is 7.44. The van der Waals surface area contributed by atoms with Crippen LogP contribution in [0.15, 0.2) is 0 Å². The Morgan fingerprint density at radius 2 is 1.61 bits per heavy atom. The maximum atomic E-state index is 5.45. The normalized spacial score (nSPS) is 31.0. The molecule has 0 aromatic heterocycles. The number of rotatable bonds is 6. The molecule has 0 amide bonds. The largest absolute Gasteiger partial charge is 0.377 e. The van der Waals surface area contributed by atoms with E-state index in [-0.39, 0.29) is 12.2 Å². The van der Waals surface area contributed by atoms with E-state index in [1.807, 2.05) is 0 Å². The molecule has 4 heteroatoms. The predicted molar refractivity (Wildman–Crippen MR) is 72.9 cm³/mol. The van der Waals surface area contributed by atoms with Crippen LogP contribution in [0.3, 0.4) is 0 Å². The van der Waals surface area contributed by atoms with Crippen LogP contribution in [-0.4, -0.2) is 63.5 Å². The number of likely N-dealkylation sites (tertiary alicyclic amines) is 1. The second kappa shape index (κ2) is 7.43. The maximum Gasteiger partial charge on any atom is 0.0971 e. The number of methoxy groups -OCH3 is 2. The highest BCUT2D eigenvalue weighted by Gasteiger charge is 2.32. The van der Waals surface area contributed by atoms with Gasteiger partial charge < -0.3 is 14.8 Å². The third-order valence-electron chi connectivity index (χ3n) is 4.36. The predicted octanol–water partition coefficient (Wildman–Crippen LogP) is 1.25. The van der Waals surface area contributed by atoms with Crippen LogP contribution >= 0.6 is 0 Å². The molecule has 1 aliphatic carbocycles. The third kappa shape index (κ3) is 3.92. The van der Waals surface area contributed by atoms with E-state index in [1.165, 1.54) is 32.1 Å². The van der Waals surface area contributed by atoms with Gasteiger partial charge in [-0.15, -0.1) is 0 Å². The van der Waals surface area contributed by atoms with Crippen molar-refractivity contribution in [2.24, 2.45) is 0 Å². The van der Waals surface area contributed by atoms with Crippen molar-refractivity contribution in [2.45, 2.75) is 50.4 Å². The standard InChI is InChI=1S/C14H28N2O2/c1-17-13-10-16(11-14(13)18-2)9-8-15-12-6-4-3-5-7-12/h12-15H,3-11H2,1-2H3. The van der Waals surface area contributed by atoms with Crippen LogP contribution in [0.1, 0.15) is 32.1 Å². The number of nitrogens with zero attached hydrogens (tertiary/aromatic N) is 1. The van der Waals surface area contributed by atoms with Crippen molar-refractivity contribution in [3.8, 4) is 0 Å². The first-order valence-corrected chi connectivity index (χ1v) is 7.35. The van der Waals surface area contributed by atoms with Gasteiger partial charge in [-0.25, -0.2) is 0 Å². The zero-order chi connectivity index (χ0) is 12.8. The summed E-state index contributed by atoms with van der Waals surface area (Å²) in [7, 11) is 3.56. The molecule has 1 heterocycles. The van der Waals surface area contributed by atoms with Gasteiger partial charge in [0, 0.05) is 46.4 Å². The van der Waals surface area contributed by atoms with Gasteiger partial charge in [-0.1, -0.05) is 19.3 Å². The van der Waals surface area contributed by atoms with Crippen LogP contribution in [0, 0.1) is 0 Å². The quantitative estimate of drug-likeness (QED) is 0.775. The summed E-state index contributed by atoms with van der Waals surface area (Å²) in [4.78, 5) is 2.44. The van der Waals surface area contributed by atoms with E-state index in [0.29, 0.717) is 0 Å². The van der Waals surface area contributed by atoms with Crippen LogP contribution in [0.5, 0.6) is 0 Å². The summed E-state index contributed by atoms with van der Waals surface area (Å²) in [5.74, 6) is 0. The van der Waals surface area contributed by atoms with Gasteiger partial charge in [-0.3, -0.25) is 4.90 Å². The fourth-order valence-corrected chi connectivity index (χ4v) is 3.19. The lowest BCUT2D eigenvalue weighted by atomic mass is 9.95. The molecular weight excluding hydrogens is 228 g/mol. The van der Waals surface area contributed by atoms with Crippen LogP contribution < -0.4 is 5.32 Å². The summed E-state index contributed by atoms with van der Waals surface area (Å²) in [5, 5.41) is 3.69. The molecule has 0 aromatic rings. The van der Waals surface area contributed by atoms with Crippen LogP contribution in [0.4, 0.5) is 0 Å². The average molecular weight is 256 g/mol. The maximum absolute atomic E-state index is 5.45. The first-order chi connectivity index (χ1) is 8.83. The molecule has 2 unspecified atom stereocenters. The first kappa shape index (κ1) is 14.3. The zero-order valence-corrected chi connectivity index (χ0v) is 11.9. The highest BCUT2D eigenvalue weighted by atomic mass is 16.5. The molecule has 1 N–H and O–H groups in total. The molecule has 0 spiro atoms. The molecule has 0 aromatic carbocycles.